The first kappa shape index (κ1) is 11.5. The van der Waals surface area contributed by atoms with E-state index in [1.165, 1.54) is 43.4 Å². The second-order valence-electron chi connectivity index (χ2n) is 5.63. The van der Waals surface area contributed by atoms with E-state index < -0.39 is 0 Å². The molecule has 0 aliphatic rings. The summed E-state index contributed by atoms with van der Waals surface area (Å²) in [6.45, 7) is 4.38. The lowest BCUT2D eigenvalue weighted by Gasteiger charge is -2.11. The van der Waals surface area contributed by atoms with Crippen LogP contribution in [0.1, 0.15) is 11.1 Å². The summed E-state index contributed by atoms with van der Waals surface area (Å²) in [5.41, 5.74) is 2.67. The van der Waals surface area contributed by atoms with Gasteiger partial charge in [-0.05, 0) is 51.7 Å². The Morgan fingerprint density at radius 1 is 0.600 bits per heavy atom. The SMILES string of the molecule is Cc1ccc2cc(C)c3c4ccccc4ccc3c2c1. The number of fused-ring (bicyclic) bond motifs is 5. The third-order valence-corrected chi connectivity index (χ3v) is 4.19. The minimum Gasteiger partial charge on any atom is -0.0616 e. The van der Waals surface area contributed by atoms with Gasteiger partial charge in [0.05, 0.1) is 0 Å². The molecule has 0 spiro atoms. The minimum absolute atomic E-state index is 1.31. The van der Waals surface area contributed by atoms with Gasteiger partial charge in [0.2, 0.25) is 0 Å². The Labute approximate surface area is 118 Å². The lowest BCUT2D eigenvalue weighted by molar-refractivity contribution is 1.50. The van der Waals surface area contributed by atoms with Gasteiger partial charge in [0.15, 0.2) is 0 Å². The van der Waals surface area contributed by atoms with E-state index in [-0.39, 0.29) is 0 Å². The second-order valence-corrected chi connectivity index (χ2v) is 5.63. The monoisotopic (exact) mass is 256 g/mol. The molecule has 0 aliphatic carbocycles. The predicted octanol–water partition coefficient (Wildman–Crippen LogP) is 5.76. The third kappa shape index (κ3) is 1.55. The Kier molecular flexibility index (Phi) is 2.34. The topological polar surface area (TPSA) is 0 Å². The Morgan fingerprint density at radius 3 is 2.30 bits per heavy atom. The molecule has 0 saturated heterocycles. The molecule has 0 amide bonds. The highest BCUT2D eigenvalue weighted by Crippen LogP contribution is 2.34. The van der Waals surface area contributed by atoms with Crippen molar-refractivity contribution in [3.8, 4) is 0 Å². The van der Waals surface area contributed by atoms with Gasteiger partial charge in [0.25, 0.3) is 0 Å². The Balaban J connectivity index is 2.33. The van der Waals surface area contributed by atoms with Crippen LogP contribution in [-0.4, -0.2) is 0 Å². The molecule has 0 heteroatoms. The summed E-state index contributed by atoms with van der Waals surface area (Å²) in [6, 6.07) is 22.2. The summed E-state index contributed by atoms with van der Waals surface area (Å²) in [4.78, 5) is 0. The fraction of sp³-hybridized carbons (Fsp3) is 0.100. The molecular formula is C20H16. The lowest BCUT2D eigenvalue weighted by Crippen LogP contribution is -1.85. The molecule has 0 atom stereocenters. The molecule has 0 saturated carbocycles. The van der Waals surface area contributed by atoms with Crippen LogP contribution in [0.2, 0.25) is 0 Å². The molecule has 4 rings (SSSR count). The van der Waals surface area contributed by atoms with Gasteiger partial charge in [-0.1, -0.05) is 66.2 Å². The van der Waals surface area contributed by atoms with E-state index in [2.05, 4.69) is 74.5 Å². The van der Waals surface area contributed by atoms with E-state index in [0.29, 0.717) is 0 Å². The van der Waals surface area contributed by atoms with Crippen molar-refractivity contribution in [3.63, 3.8) is 0 Å². The van der Waals surface area contributed by atoms with Crippen LogP contribution in [0, 0.1) is 13.8 Å². The van der Waals surface area contributed by atoms with E-state index in [9.17, 15) is 0 Å². The fourth-order valence-electron chi connectivity index (χ4n) is 3.26. The summed E-state index contributed by atoms with van der Waals surface area (Å²) < 4.78 is 0. The van der Waals surface area contributed by atoms with E-state index in [0.717, 1.165) is 0 Å². The molecule has 0 fully saturated rings. The first-order valence-electron chi connectivity index (χ1n) is 7.05. The highest BCUT2D eigenvalue weighted by atomic mass is 14.1. The van der Waals surface area contributed by atoms with Gasteiger partial charge in [0.1, 0.15) is 0 Å². The van der Waals surface area contributed by atoms with Crippen molar-refractivity contribution in [2.24, 2.45) is 0 Å². The Hall–Kier alpha value is -2.34. The molecule has 0 aromatic heterocycles. The van der Waals surface area contributed by atoms with Crippen LogP contribution in [0.15, 0.2) is 60.7 Å². The zero-order valence-electron chi connectivity index (χ0n) is 11.8. The second kappa shape index (κ2) is 4.08. The Morgan fingerprint density at radius 2 is 1.40 bits per heavy atom. The summed E-state index contributed by atoms with van der Waals surface area (Å²) in [6.07, 6.45) is 0. The third-order valence-electron chi connectivity index (χ3n) is 4.19. The van der Waals surface area contributed by atoms with Gasteiger partial charge >= 0.3 is 0 Å². The standard InChI is InChI=1S/C20H16/c1-13-7-8-16-12-14(2)20-17-6-4-3-5-15(17)9-10-18(20)19(16)11-13/h3-12H,1-2H3. The molecule has 0 unspecified atom stereocenters. The minimum atomic E-state index is 1.31. The lowest BCUT2D eigenvalue weighted by atomic mass is 9.93. The van der Waals surface area contributed by atoms with Gasteiger partial charge in [0, 0.05) is 0 Å². The zero-order chi connectivity index (χ0) is 13.7. The fourth-order valence-corrected chi connectivity index (χ4v) is 3.26. The summed E-state index contributed by atoms with van der Waals surface area (Å²) in [7, 11) is 0. The van der Waals surface area contributed by atoms with Gasteiger partial charge in [-0.2, -0.15) is 0 Å². The zero-order valence-corrected chi connectivity index (χ0v) is 11.8. The first-order valence-corrected chi connectivity index (χ1v) is 7.05. The highest BCUT2D eigenvalue weighted by Gasteiger charge is 2.07. The number of aryl methyl sites for hydroxylation is 2. The van der Waals surface area contributed by atoms with Crippen LogP contribution in [0.3, 0.4) is 0 Å². The van der Waals surface area contributed by atoms with E-state index in [1.807, 2.05) is 0 Å². The van der Waals surface area contributed by atoms with Gasteiger partial charge < -0.3 is 0 Å². The Bertz CT molecular complexity index is 962. The maximum absolute atomic E-state index is 2.31. The normalized spacial score (nSPS) is 11.5. The van der Waals surface area contributed by atoms with Gasteiger partial charge in [-0.25, -0.2) is 0 Å². The number of rotatable bonds is 0. The molecule has 0 N–H and O–H groups in total. The van der Waals surface area contributed by atoms with Gasteiger partial charge in [-0.15, -0.1) is 0 Å². The highest BCUT2D eigenvalue weighted by molar-refractivity contribution is 6.18. The molecule has 96 valence electrons. The van der Waals surface area contributed by atoms with Crippen LogP contribution in [0.5, 0.6) is 0 Å². The molecule has 0 nitrogen and oxygen atoms in total. The van der Waals surface area contributed by atoms with Crippen molar-refractivity contribution in [2.45, 2.75) is 13.8 Å². The summed E-state index contributed by atoms with van der Waals surface area (Å²) in [5, 5.41) is 8.11. The molecular weight excluding hydrogens is 240 g/mol. The predicted molar refractivity (Wildman–Crippen MR) is 88.4 cm³/mol. The molecule has 0 aliphatic heterocycles. The first-order chi connectivity index (χ1) is 9.74. The molecule has 0 heterocycles. The number of hydrogen-bond donors (Lipinski definition) is 0. The van der Waals surface area contributed by atoms with Crippen molar-refractivity contribution < 1.29 is 0 Å². The quantitative estimate of drug-likeness (QED) is 0.351. The molecule has 0 radical (unpaired) electrons. The van der Waals surface area contributed by atoms with Crippen LogP contribution in [-0.2, 0) is 0 Å². The molecule has 4 aromatic rings. The molecule has 0 bridgehead atoms. The smallest absolute Gasteiger partial charge is 0.00697 e. The van der Waals surface area contributed by atoms with Gasteiger partial charge in [-0.3, -0.25) is 0 Å². The van der Waals surface area contributed by atoms with Crippen LogP contribution >= 0.6 is 0 Å². The summed E-state index contributed by atoms with van der Waals surface area (Å²) in [5.74, 6) is 0. The number of hydrogen-bond acceptors (Lipinski definition) is 0. The molecule has 20 heavy (non-hydrogen) atoms. The van der Waals surface area contributed by atoms with E-state index in [1.54, 1.807) is 0 Å². The van der Waals surface area contributed by atoms with Crippen molar-refractivity contribution in [2.75, 3.05) is 0 Å². The maximum Gasteiger partial charge on any atom is -0.00697 e. The van der Waals surface area contributed by atoms with Crippen molar-refractivity contribution >= 4 is 32.3 Å². The average molecular weight is 256 g/mol. The van der Waals surface area contributed by atoms with Crippen LogP contribution in [0.4, 0.5) is 0 Å². The van der Waals surface area contributed by atoms with E-state index >= 15 is 0 Å². The van der Waals surface area contributed by atoms with Crippen LogP contribution < -0.4 is 0 Å². The van der Waals surface area contributed by atoms with Crippen molar-refractivity contribution in [1.82, 2.24) is 0 Å². The van der Waals surface area contributed by atoms with Crippen molar-refractivity contribution in [3.05, 3.63) is 71.8 Å². The molecule has 4 aromatic carbocycles. The number of benzene rings is 4. The summed E-state index contributed by atoms with van der Waals surface area (Å²) >= 11 is 0. The average Bonchev–Trinajstić information content (AvgIpc) is 2.47. The largest absolute Gasteiger partial charge is 0.0616 e. The van der Waals surface area contributed by atoms with Crippen molar-refractivity contribution in [1.29, 1.82) is 0 Å². The maximum atomic E-state index is 2.31. The van der Waals surface area contributed by atoms with E-state index in [4.69, 9.17) is 0 Å². The van der Waals surface area contributed by atoms with Crippen LogP contribution in [0.25, 0.3) is 32.3 Å².